The van der Waals surface area contributed by atoms with E-state index in [1.54, 1.807) is 30.6 Å². The van der Waals surface area contributed by atoms with Gasteiger partial charge in [0.2, 0.25) is 11.8 Å². The number of piperazine rings is 2. The Morgan fingerprint density at radius 2 is 1.07 bits per heavy atom. The number of carbonyl (C=O) groups excluding carboxylic acids is 5. The first-order chi connectivity index (χ1) is 20.3. The maximum atomic E-state index is 12.2. The summed E-state index contributed by atoms with van der Waals surface area (Å²) in [4.78, 5) is 70.3. The largest absolute Gasteiger partial charge is 0.444 e. The topological polar surface area (TPSA) is 213 Å². The van der Waals surface area contributed by atoms with Crippen molar-refractivity contribution >= 4 is 30.1 Å². The molecule has 2 aliphatic rings. The predicted molar refractivity (Wildman–Crippen MR) is 151 cm³/mol. The van der Waals surface area contributed by atoms with Crippen molar-refractivity contribution in [3.05, 3.63) is 48.0 Å². The average Bonchev–Trinajstić information content (AvgIpc) is 2.97. The van der Waals surface area contributed by atoms with Crippen molar-refractivity contribution in [2.75, 3.05) is 52.4 Å². The van der Waals surface area contributed by atoms with E-state index in [0.717, 1.165) is 13.1 Å². The lowest BCUT2D eigenvalue weighted by atomic mass is 10.2. The van der Waals surface area contributed by atoms with Crippen LogP contribution in [0.25, 0.3) is 0 Å². The van der Waals surface area contributed by atoms with Crippen LogP contribution in [0.1, 0.15) is 41.5 Å². The van der Waals surface area contributed by atoms with Gasteiger partial charge in [-0.25, -0.2) is 14.4 Å². The molecule has 16 nitrogen and oxygen atoms in total. The smallest absolute Gasteiger partial charge is 0.415 e. The lowest BCUT2D eigenvalue weighted by Gasteiger charge is -2.34. The van der Waals surface area contributed by atoms with Crippen LogP contribution in [-0.2, 0) is 4.74 Å². The van der Waals surface area contributed by atoms with Crippen LogP contribution in [0.4, 0.5) is 14.4 Å². The van der Waals surface area contributed by atoms with Gasteiger partial charge in [-0.3, -0.25) is 19.6 Å². The number of carbonyl (C=O) groups is 5. The second-order valence-corrected chi connectivity index (χ2v) is 10.5. The van der Waals surface area contributed by atoms with E-state index in [0.29, 0.717) is 39.3 Å². The van der Waals surface area contributed by atoms with Crippen molar-refractivity contribution < 1.29 is 38.2 Å². The third-order valence-electron chi connectivity index (χ3n) is 5.97. The highest BCUT2D eigenvalue weighted by molar-refractivity contribution is 5.93. The molecule has 0 radical (unpaired) electrons. The third-order valence-corrected chi connectivity index (χ3v) is 5.97. The van der Waals surface area contributed by atoms with E-state index in [1.165, 1.54) is 41.8 Å². The van der Waals surface area contributed by atoms with Crippen molar-refractivity contribution in [1.29, 1.82) is 0 Å². The normalized spacial score (nSPS) is 15.0. The van der Waals surface area contributed by atoms with Crippen LogP contribution in [0, 0.1) is 0 Å². The predicted octanol–water partition coefficient (Wildman–Crippen LogP) is 0.817. The first kappa shape index (κ1) is 32.5. The first-order valence-corrected chi connectivity index (χ1v) is 13.4. The monoisotopic (exact) mass is 600 g/mol. The van der Waals surface area contributed by atoms with Gasteiger partial charge in [-0.2, -0.15) is 0 Å². The Hall–Kier alpha value is -4.99. The third kappa shape index (κ3) is 10.4. The van der Waals surface area contributed by atoms with Crippen molar-refractivity contribution in [1.82, 2.24) is 30.0 Å². The number of hydrogen-bond acceptors (Lipinski definition) is 11. The summed E-state index contributed by atoms with van der Waals surface area (Å²) in [6.07, 6.45) is 3.88. The van der Waals surface area contributed by atoms with Gasteiger partial charge in [0.1, 0.15) is 5.60 Å². The van der Waals surface area contributed by atoms with Crippen LogP contribution < -0.4 is 26.3 Å². The summed E-state index contributed by atoms with van der Waals surface area (Å²) in [5, 5.41) is 3.13. The van der Waals surface area contributed by atoms with Crippen LogP contribution in [0.5, 0.6) is 11.5 Å². The molecule has 0 atom stereocenters. The van der Waals surface area contributed by atoms with Gasteiger partial charge in [0.15, 0.2) is 11.5 Å². The summed E-state index contributed by atoms with van der Waals surface area (Å²) >= 11 is 0. The highest BCUT2D eigenvalue weighted by Crippen LogP contribution is 2.16. The second-order valence-electron chi connectivity index (χ2n) is 10.5. The van der Waals surface area contributed by atoms with E-state index in [4.69, 9.17) is 25.7 Å². The molecule has 4 heterocycles. The lowest BCUT2D eigenvalue weighted by molar-refractivity contribution is 0.0154. The number of nitrogens with zero attached hydrogens (tertiary/aromatic N) is 5. The average molecular weight is 601 g/mol. The van der Waals surface area contributed by atoms with Crippen molar-refractivity contribution in [3.8, 4) is 11.5 Å². The number of aromatic nitrogens is 2. The van der Waals surface area contributed by atoms with Crippen LogP contribution in [0.3, 0.4) is 0 Å². The van der Waals surface area contributed by atoms with Crippen LogP contribution in [-0.4, -0.2) is 113 Å². The van der Waals surface area contributed by atoms with E-state index in [2.05, 4.69) is 15.3 Å². The summed E-state index contributed by atoms with van der Waals surface area (Å²) in [7, 11) is 0. The maximum absolute atomic E-state index is 12.2. The molecule has 5 amide bonds. The Morgan fingerprint density at radius 1 is 0.674 bits per heavy atom. The number of ether oxygens (including phenoxy) is 3. The molecule has 16 heteroatoms. The highest BCUT2D eigenvalue weighted by atomic mass is 16.6. The molecule has 0 spiro atoms. The Bertz CT molecular complexity index is 1320. The van der Waals surface area contributed by atoms with Crippen LogP contribution >= 0.6 is 0 Å². The standard InChI is InChI=1S/C16H22N4O5.C11H14N4O3/c1-16(2,3)25-15(23)20-6-4-19(5-7-20)14(22)24-12-8-11(13(17)21)9-18-10-12;12-10(16)8-5-9(7-14-6-8)18-11(17)15-3-1-13-2-4-15/h8-10H,4-7H2,1-3H3,(H2,17,21);5-7,13H,1-4H2,(H2,12,16). The summed E-state index contributed by atoms with van der Waals surface area (Å²) < 4.78 is 15.6. The Kier molecular flexibility index (Phi) is 11.2. The molecule has 2 saturated heterocycles. The first-order valence-electron chi connectivity index (χ1n) is 13.4. The van der Waals surface area contributed by atoms with Gasteiger partial charge in [-0.15, -0.1) is 0 Å². The molecule has 0 bridgehead atoms. The van der Waals surface area contributed by atoms with Gasteiger partial charge in [-0.05, 0) is 32.9 Å². The molecule has 0 unspecified atom stereocenters. The van der Waals surface area contributed by atoms with Gasteiger partial charge < -0.3 is 45.7 Å². The van der Waals surface area contributed by atoms with E-state index in [9.17, 15) is 24.0 Å². The molecule has 4 rings (SSSR count). The summed E-state index contributed by atoms with van der Waals surface area (Å²) in [6, 6.07) is 2.75. The summed E-state index contributed by atoms with van der Waals surface area (Å²) in [6.45, 7) is 9.42. The Balaban J connectivity index is 0.000000248. The van der Waals surface area contributed by atoms with Crippen molar-refractivity contribution in [2.24, 2.45) is 11.5 Å². The Morgan fingerprint density at radius 3 is 1.47 bits per heavy atom. The molecule has 2 aromatic rings. The molecule has 43 heavy (non-hydrogen) atoms. The summed E-state index contributed by atoms with van der Waals surface area (Å²) in [5.74, 6) is -0.912. The molecule has 2 fully saturated rings. The second kappa shape index (κ2) is 14.8. The number of pyridine rings is 2. The van der Waals surface area contributed by atoms with Crippen molar-refractivity contribution in [3.63, 3.8) is 0 Å². The maximum Gasteiger partial charge on any atom is 0.415 e. The van der Waals surface area contributed by atoms with E-state index >= 15 is 0 Å². The van der Waals surface area contributed by atoms with Crippen LogP contribution in [0.15, 0.2) is 36.9 Å². The Labute approximate surface area is 248 Å². The number of rotatable bonds is 4. The SMILES string of the molecule is CC(C)(C)OC(=O)N1CCN(C(=O)Oc2cncc(C(N)=O)c2)CC1.NC(=O)c1cncc(OC(=O)N2CCNCC2)c1. The summed E-state index contributed by atoms with van der Waals surface area (Å²) in [5.41, 5.74) is 10.1. The lowest BCUT2D eigenvalue weighted by Crippen LogP contribution is -2.52. The molecular formula is C27H36N8O8. The van der Waals surface area contributed by atoms with Gasteiger partial charge in [0, 0.05) is 64.8 Å². The van der Waals surface area contributed by atoms with Crippen molar-refractivity contribution in [2.45, 2.75) is 26.4 Å². The molecule has 232 valence electrons. The fourth-order valence-corrected chi connectivity index (χ4v) is 3.80. The van der Waals surface area contributed by atoms with Gasteiger partial charge >= 0.3 is 18.3 Å². The minimum atomic E-state index is -0.656. The van der Waals surface area contributed by atoms with E-state index in [-0.39, 0.29) is 22.6 Å². The number of nitrogens with one attached hydrogen (secondary N) is 1. The zero-order chi connectivity index (χ0) is 31.6. The molecule has 0 saturated carbocycles. The fraction of sp³-hybridized carbons (Fsp3) is 0.444. The molecule has 2 aromatic heterocycles. The quantitative estimate of drug-likeness (QED) is 0.447. The van der Waals surface area contributed by atoms with Gasteiger partial charge in [0.25, 0.3) is 0 Å². The van der Waals surface area contributed by atoms with Gasteiger partial charge in [0.05, 0.1) is 23.5 Å². The minimum Gasteiger partial charge on any atom is -0.444 e. The van der Waals surface area contributed by atoms with E-state index in [1.807, 2.05) is 0 Å². The fourth-order valence-electron chi connectivity index (χ4n) is 3.80. The molecule has 2 aliphatic heterocycles. The number of amides is 5. The molecular weight excluding hydrogens is 564 g/mol. The highest BCUT2D eigenvalue weighted by Gasteiger charge is 2.28. The number of primary amides is 2. The molecule has 5 N–H and O–H groups in total. The van der Waals surface area contributed by atoms with E-state index < -0.39 is 35.7 Å². The molecule has 0 aliphatic carbocycles. The molecule has 0 aromatic carbocycles. The number of hydrogen-bond donors (Lipinski definition) is 3. The zero-order valence-electron chi connectivity index (χ0n) is 24.3. The van der Waals surface area contributed by atoms with Crippen LogP contribution in [0.2, 0.25) is 0 Å². The number of nitrogens with two attached hydrogens (primary N) is 2. The minimum absolute atomic E-state index is 0.135. The van der Waals surface area contributed by atoms with Gasteiger partial charge in [-0.1, -0.05) is 0 Å². The zero-order valence-corrected chi connectivity index (χ0v) is 24.3.